The van der Waals surface area contributed by atoms with E-state index >= 15 is 0 Å². The van der Waals surface area contributed by atoms with Gasteiger partial charge in [-0.25, -0.2) is 4.39 Å². The first kappa shape index (κ1) is 14.7. The third-order valence-electron chi connectivity index (χ3n) is 3.04. The van der Waals surface area contributed by atoms with Crippen LogP contribution in [0.15, 0.2) is 36.4 Å². The second-order valence-electron chi connectivity index (χ2n) is 4.35. The molecule has 0 atom stereocenters. The van der Waals surface area contributed by atoms with E-state index in [2.05, 4.69) is 5.32 Å². The largest absolute Gasteiger partial charge is 0.497 e. The van der Waals surface area contributed by atoms with Crippen LogP contribution in [0.4, 0.5) is 10.1 Å². The molecule has 0 spiro atoms. The first-order chi connectivity index (χ1) is 10.2. The standard InChI is InChI=1S/C16H15FN2O2/c1-20-13-5-6-14(17)15(8-13)19-10-11-3-4-12(9-18)16(7-11)21-2/h3-8,19H,10H2,1-2H3. The molecule has 0 aromatic heterocycles. The Balaban J connectivity index is 2.15. The van der Waals surface area contributed by atoms with E-state index < -0.39 is 0 Å². The molecule has 0 saturated carbocycles. The van der Waals surface area contributed by atoms with Crippen molar-refractivity contribution in [3.05, 3.63) is 53.3 Å². The molecule has 4 nitrogen and oxygen atoms in total. The van der Waals surface area contributed by atoms with Crippen LogP contribution in [0, 0.1) is 17.1 Å². The van der Waals surface area contributed by atoms with E-state index in [0.717, 1.165) is 5.56 Å². The van der Waals surface area contributed by atoms with E-state index in [1.165, 1.54) is 20.3 Å². The van der Waals surface area contributed by atoms with Crippen molar-refractivity contribution < 1.29 is 13.9 Å². The molecule has 1 N–H and O–H groups in total. The fourth-order valence-electron chi connectivity index (χ4n) is 1.90. The van der Waals surface area contributed by atoms with E-state index in [9.17, 15) is 4.39 Å². The maximum Gasteiger partial charge on any atom is 0.146 e. The van der Waals surface area contributed by atoms with Gasteiger partial charge in [-0.05, 0) is 29.8 Å². The van der Waals surface area contributed by atoms with Crippen molar-refractivity contribution in [2.45, 2.75) is 6.54 Å². The molecule has 0 fully saturated rings. The lowest BCUT2D eigenvalue weighted by molar-refractivity contribution is 0.413. The minimum atomic E-state index is -0.351. The van der Waals surface area contributed by atoms with Gasteiger partial charge in [0, 0.05) is 12.6 Å². The first-order valence-corrected chi connectivity index (χ1v) is 6.32. The number of halogens is 1. The molecular weight excluding hydrogens is 271 g/mol. The maximum atomic E-state index is 13.7. The van der Waals surface area contributed by atoms with E-state index in [1.54, 1.807) is 30.3 Å². The summed E-state index contributed by atoms with van der Waals surface area (Å²) in [7, 11) is 3.04. The van der Waals surface area contributed by atoms with Gasteiger partial charge in [0.15, 0.2) is 0 Å². The van der Waals surface area contributed by atoms with Crippen molar-refractivity contribution in [3.8, 4) is 17.6 Å². The second-order valence-corrected chi connectivity index (χ2v) is 4.35. The predicted molar refractivity (Wildman–Crippen MR) is 78.0 cm³/mol. The molecule has 0 amide bonds. The molecule has 2 aromatic carbocycles. The number of nitrogens with one attached hydrogen (secondary N) is 1. The SMILES string of the molecule is COc1ccc(F)c(NCc2ccc(C#N)c(OC)c2)c1. The van der Waals surface area contributed by atoms with E-state index in [4.69, 9.17) is 14.7 Å². The van der Waals surface area contributed by atoms with Gasteiger partial charge >= 0.3 is 0 Å². The topological polar surface area (TPSA) is 54.3 Å². The fourth-order valence-corrected chi connectivity index (χ4v) is 1.90. The number of ether oxygens (including phenoxy) is 2. The van der Waals surface area contributed by atoms with Crippen LogP contribution >= 0.6 is 0 Å². The molecule has 2 rings (SSSR count). The molecule has 0 heterocycles. The van der Waals surface area contributed by atoms with Crippen LogP contribution in [0.2, 0.25) is 0 Å². The van der Waals surface area contributed by atoms with Crippen molar-refractivity contribution in [1.29, 1.82) is 5.26 Å². The summed E-state index contributed by atoms with van der Waals surface area (Å²) in [5, 5.41) is 11.9. The van der Waals surface area contributed by atoms with Gasteiger partial charge in [-0.1, -0.05) is 6.07 Å². The lowest BCUT2D eigenvalue weighted by atomic mass is 10.1. The van der Waals surface area contributed by atoms with Crippen LogP contribution in [0.25, 0.3) is 0 Å². The van der Waals surface area contributed by atoms with Gasteiger partial charge in [0.1, 0.15) is 23.4 Å². The molecule has 0 saturated heterocycles. The zero-order valence-electron chi connectivity index (χ0n) is 11.8. The third kappa shape index (κ3) is 3.42. The van der Waals surface area contributed by atoms with Crippen molar-refractivity contribution in [3.63, 3.8) is 0 Å². The summed E-state index contributed by atoms with van der Waals surface area (Å²) in [5.74, 6) is 0.732. The molecule has 5 heteroatoms. The van der Waals surface area contributed by atoms with Gasteiger partial charge in [0.05, 0.1) is 25.5 Å². The highest BCUT2D eigenvalue weighted by molar-refractivity contribution is 5.51. The Morgan fingerprint density at radius 3 is 2.62 bits per heavy atom. The number of anilines is 1. The summed E-state index contributed by atoms with van der Waals surface area (Å²) >= 11 is 0. The van der Waals surface area contributed by atoms with Gasteiger partial charge in [-0.15, -0.1) is 0 Å². The van der Waals surface area contributed by atoms with Gasteiger partial charge in [-0.3, -0.25) is 0 Å². The Bertz CT molecular complexity index is 680. The first-order valence-electron chi connectivity index (χ1n) is 6.32. The zero-order valence-corrected chi connectivity index (χ0v) is 11.8. The highest BCUT2D eigenvalue weighted by atomic mass is 19.1. The molecule has 21 heavy (non-hydrogen) atoms. The quantitative estimate of drug-likeness (QED) is 0.916. The van der Waals surface area contributed by atoms with Crippen molar-refractivity contribution in [2.24, 2.45) is 0 Å². The van der Waals surface area contributed by atoms with Gasteiger partial charge in [0.2, 0.25) is 0 Å². The smallest absolute Gasteiger partial charge is 0.146 e. The Morgan fingerprint density at radius 1 is 1.14 bits per heavy atom. The molecule has 0 radical (unpaired) electrons. The lowest BCUT2D eigenvalue weighted by Crippen LogP contribution is -2.02. The average Bonchev–Trinajstić information content (AvgIpc) is 2.53. The summed E-state index contributed by atoms with van der Waals surface area (Å²) in [5.41, 5.74) is 1.71. The minimum Gasteiger partial charge on any atom is -0.497 e. The van der Waals surface area contributed by atoms with Crippen LogP contribution in [0.3, 0.4) is 0 Å². The Kier molecular flexibility index (Phi) is 4.62. The normalized spacial score (nSPS) is 9.81. The number of methoxy groups -OCH3 is 2. The molecular formula is C16H15FN2O2. The third-order valence-corrected chi connectivity index (χ3v) is 3.04. The number of hydrogen-bond donors (Lipinski definition) is 1. The van der Waals surface area contributed by atoms with Crippen LogP contribution in [0.1, 0.15) is 11.1 Å². The predicted octanol–water partition coefficient (Wildman–Crippen LogP) is 3.33. The van der Waals surface area contributed by atoms with Crippen molar-refractivity contribution in [1.82, 2.24) is 0 Å². The number of nitrogens with zero attached hydrogens (tertiary/aromatic N) is 1. The number of hydrogen-bond acceptors (Lipinski definition) is 4. The van der Waals surface area contributed by atoms with Crippen LogP contribution < -0.4 is 14.8 Å². The van der Waals surface area contributed by atoms with Crippen molar-refractivity contribution in [2.75, 3.05) is 19.5 Å². The maximum absolute atomic E-state index is 13.7. The highest BCUT2D eigenvalue weighted by Gasteiger charge is 2.06. The molecule has 0 unspecified atom stereocenters. The summed E-state index contributed by atoms with van der Waals surface area (Å²) in [4.78, 5) is 0. The minimum absolute atomic E-state index is 0.351. The van der Waals surface area contributed by atoms with Gasteiger partial charge < -0.3 is 14.8 Å². The van der Waals surface area contributed by atoms with Crippen molar-refractivity contribution >= 4 is 5.69 Å². The summed E-state index contributed by atoms with van der Waals surface area (Å²) in [6.07, 6.45) is 0. The highest BCUT2D eigenvalue weighted by Crippen LogP contribution is 2.23. The summed E-state index contributed by atoms with van der Waals surface area (Å²) < 4.78 is 23.9. The number of rotatable bonds is 5. The van der Waals surface area contributed by atoms with Crippen LogP contribution in [-0.4, -0.2) is 14.2 Å². The van der Waals surface area contributed by atoms with E-state index in [-0.39, 0.29) is 5.82 Å². The lowest BCUT2D eigenvalue weighted by Gasteiger charge is -2.11. The van der Waals surface area contributed by atoms with Gasteiger partial charge in [-0.2, -0.15) is 5.26 Å². The summed E-state index contributed by atoms with van der Waals surface area (Å²) in [6, 6.07) is 11.8. The monoisotopic (exact) mass is 286 g/mol. The van der Waals surface area contributed by atoms with E-state index in [1.807, 2.05) is 6.07 Å². The average molecular weight is 286 g/mol. The number of nitriles is 1. The Labute approximate surface area is 122 Å². The molecule has 2 aromatic rings. The molecule has 0 bridgehead atoms. The number of benzene rings is 2. The van der Waals surface area contributed by atoms with Crippen LogP contribution in [-0.2, 0) is 6.54 Å². The Hall–Kier alpha value is -2.74. The Morgan fingerprint density at radius 2 is 1.95 bits per heavy atom. The summed E-state index contributed by atoms with van der Waals surface area (Å²) in [6.45, 7) is 0.409. The fraction of sp³-hybridized carbons (Fsp3) is 0.188. The molecule has 108 valence electrons. The molecule has 0 aliphatic rings. The molecule has 0 aliphatic heterocycles. The molecule has 0 aliphatic carbocycles. The second kappa shape index (κ2) is 6.62. The van der Waals surface area contributed by atoms with Crippen LogP contribution in [0.5, 0.6) is 11.5 Å². The van der Waals surface area contributed by atoms with Gasteiger partial charge in [0.25, 0.3) is 0 Å². The zero-order chi connectivity index (χ0) is 15.2. The van der Waals surface area contributed by atoms with E-state index in [0.29, 0.717) is 29.3 Å².